The first-order valence-electron chi connectivity index (χ1n) is 8.94. The van der Waals surface area contributed by atoms with Crippen molar-refractivity contribution in [1.29, 1.82) is 0 Å². The zero-order valence-electron chi connectivity index (χ0n) is 15.9. The van der Waals surface area contributed by atoms with Gasteiger partial charge in [0.15, 0.2) is 0 Å². The number of anilines is 2. The molecule has 1 amide bonds. The molecule has 3 rings (SSSR count). The molecule has 0 spiro atoms. The maximum atomic E-state index is 12.7. The van der Waals surface area contributed by atoms with Crippen molar-refractivity contribution >= 4 is 17.4 Å². The van der Waals surface area contributed by atoms with Gasteiger partial charge in [-0.05, 0) is 22.6 Å². The highest BCUT2D eigenvalue weighted by Gasteiger charge is 2.19. The van der Waals surface area contributed by atoms with Gasteiger partial charge in [-0.3, -0.25) is 4.79 Å². The molecule has 0 aliphatic heterocycles. The van der Waals surface area contributed by atoms with E-state index in [0.717, 1.165) is 16.8 Å². The van der Waals surface area contributed by atoms with Gasteiger partial charge in [0.05, 0.1) is 0 Å². The summed E-state index contributed by atoms with van der Waals surface area (Å²) >= 11 is 0. The van der Waals surface area contributed by atoms with Crippen LogP contribution in [0.5, 0.6) is 0 Å². The molecule has 0 aliphatic rings. The summed E-state index contributed by atoms with van der Waals surface area (Å²) in [6.45, 7) is 6.99. The van der Waals surface area contributed by atoms with Gasteiger partial charge in [-0.25, -0.2) is 9.97 Å². The lowest BCUT2D eigenvalue weighted by atomic mass is 9.86. The van der Waals surface area contributed by atoms with Crippen molar-refractivity contribution in [1.82, 2.24) is 9.97 Å². The van der Waals surface area contributed by atoms with E-state index in [1.54, 1.807) is 6.07 Å². The summed E-state index contributed by atoms with van der Waals surface area (Å²) < 4.78 is 0. The van der Waals surface area contributed by atoms with Crippen molar-refractivity contribution < 1.29 is 4.79 Å². The van der Waals surface area contributed by atoms with Crippen LogP contribution in [0.4, 0.5) is 11.5 Å². The van der Waals surface area contributed by atoms with Crippen LogP contribution in [0.25, 0.3) is 0 Å². The monoisotopic (exact) mass is 360 g/mol. The molecule has 0 saturated heterocycles. The third kappa shape index (κ3) is 4.91. The van der Waals surface area contributed by atoms with Crippen molar-refractivity contribution in [2.45, 2.75) is 32.7 Å². The predicted molar refractivity (Wildman–Crippen MR) is 109 cm³/mol. The molecule has 0 radical (unpaired) electrons. The molecular weight excluding hydrogens is 336 g/mol. The molecule has 0 unspecified atom stereocenters. The first-order chi connectivity index (χ1) is 12.9. The first-order valence-corrected chi connectivity index (χ1v) is 8.94. The van der Waals surface area contributed by atoms with Crippen LogP contribution in [0.3, 0.4) is 0 Å². The van der Waals surface area contributed by atoms with E-state index in [2.05, 4.69) is 41.4 Å². The Morgan fingerprint density at radius 2 is 1.67 bits per heavy atom. The van der Waals surface area contributed by atoms with Crippen molar-refractivity contribution in [3.05, 3.63) is 83.8 Å². The highest BCUT2D eigenvalue weighted by atomic mass is 16.1. The summed E-state index contributed by atoms with van der Waals surface area (Å²) in [7, 11) is 0. The van der Waals surface area contributed by atoms with Gasteiger partial charge < -0.3 is 10.6 Å². The topological polar surface area (TPSA) is 66.9 Å². The van der Waals surface area contributed by atoms with Gasteiger partial charge in [-0.2, -0.15) is 0 Å². The summed E-state index contributed by atoms with van der Waals surface area (Å²) in [6, 6.07) is 19.5. The Kier molecular flexibility index (Phi) is 5.50. The van der Waals surface area contributed by atoms with Crippen LogP contribution in [0.1, 0.15) is 42.4 Å². The van der Waals surface area contributed by atoms with Gasteiger partial charge in [0.25, 0.3) is 5.91 Å². The number of para-hydroxylation sites is 1. The Morgan fingerprint density at radius 3 is 2.41 bits per heavy atom. The number of rotatable bonds is 5. The molecule has 3 aromatic rings. The maximum Gasteiger partial charge on any atom is 0.274 e. The van der Waals surface area contributed by atoms with Crippen LogP contribution in [-0.4, -0.2) is 15.9 Å². The average molecular weight is 360 g/mol. The lowest BCUT2D eigenvalue weighted by Gasteiger charge is -2.22. The van der Waals surface area contributed by atoms with Crippen LogP contribution in [0.15, 0.2) is 67.0 Å². The zero-order chi connectivity index (χ0) is 19.3. The number of nitrogens with one attached hydrogen (secondary N) is 2. The molecular formula is C22H24N4O. The van der Waals surface area contributed by atoms with E-state index in [-0.39, 0.29) is 11.3 Å². The smallest absolute Gasteiger partial charge is 0.274 e. The molecule has 0 aliphatic carbocycles. The normalized spacial score (nSPS) is 11.1. The molecule has 2 N–H and O–H groups in total. The second-order valence-electron chi connectivity index (χ2n) is 7.38. The zero-order valence-corrected chi connectivity index (χ0v) is 15.9. The largest absolute Gasteiger partial charge is 0.366 e. The number of hydrogen-bond donors (Lipinski definition) is 2. The summed E-state index contributed by atoms with van der Waals surface area (Å²) in [6.07, 6.45) is 1.40. The number of hydrogen-bond acceptors (Lipinski definition) is 4. The summed E-state index contributed by atoms with van der Waals surface area (Å²) in [5.41, 5.74) is 3.27. The van der Waals surface area contributed by atoms with Crippen molar-refractivity contribution in [2.24, 2.45) is 0 Å². The minimum atomic E-state index is -0.253. The van der Waals surface area contributed by atoms with Gasteiger partial charge in [-0.1, -0.05) is 69.3 Å². The van der Waals surface area contributed by atoms with E-state index < -0.39 is 0 Å². The summed E-state index contributed by atoms with van der Waals surface area (Å²) in [5, 5.41) is 6.20. The van der Waals surface area contributed by atoms with Crippen LogP contribution < -0.4 is 10.6 Å². The molecule has 0 saturated carbocycles. The van der Waals surface area contributed by atoms with E-state index in [1.165, 1.54) is 6.33 Å². The van der Waals surface area contributed by atoms with Gasteiger partial charge in [0.2, 0.25) is 0 Å². The molecule has 0 atom stereocenters. The molecule has 0 fully saturated rings. The van der Waals surface area contributed by atoms with E-state index in [1.807, 2.05) is 54.6 Å². The van der Waals surface area contributed by atoms with Gasteiger partial charge in [-0.15, -0.1) is 0 Å². The maximum absolute atomic E-state index is 12.7. The Morgan fingerprint density at radius 1 is 0.963 bits per heavy atom. The molecule has 1 heterocycles. The molecule has 138 valence electrons. The number of carbonyl (C=O) groups is 1. The number of amides is 1. The average Bonchev–Trinajstić information content (AvgIpc) is 2.67. The third-order valence-corrected chi connectivity index (χ3v) is 4.20. The highest BCUT2D eigenvalue weighted by molar-refractivity contribution is 6.03. The first kappa shape index (κ1) is 18.6. The van der Waals surface area contributed by atoms with Gasteiger partial charge >= 0.3 is 0 Å². The predicted octanol–water partition coefficient (Wildman–Crippen LogP) is 4.64. The minimum Gasteiger partial charge on any atom is -0.366 e. The Labute approximate surface area is 159 Å². The van der Waals surface area contributed by atoms with Crippen LogP contribution in [-0.2, 0) is 12.0 Å². The lowest BCUT2D eigenvalue weighted by molar-refractivity contribution is 0.102. The molecule has 1 aromatic heterocycles. The molecule has 5 nitrogen and oxygen atoms in total. The second kappa shape index (κ2) is 7.99. The van der Waals surface area contributed by atoms with Crippen molar-refractivity contribution in [3.63, 3.8) is 0 Å². The van der Waals surface area contributed by atoms with E-state index >= 15 is 0 Å². The van der Waals surface area contributed by atoms with Crippen LogP contribution >= 0.6 is 0 Å². The third-order valence-electron chi connectivity index (χ3n) is 4.20. The molecule has 0 bridgehead atoms. The second-order valence-corrected chi connectivity index (χ2v) is 7.38. The molecule has 2 aromatic carbocycles. The standard InChI is InChI=1S/C22H24N4O/c1-22(2,3)17-11-7-8-12-18(17)26-21(27)19-13-20(25-15-24-19)23-14-16-9-5-4-6-10-16/h4-13,15H,14H2,1-3H3,(H,26,27)(H,23,24,25). The Hall–Kier alpha value is -3.21. The highest BCUT2D eigenvalue weighted by Crippen LogP contribution is 2.29. The van der Waals surface area contributed by atoms with E-state index in [4.69, 9.17) is 0 Å². The lowest BCUT2D eigenvalue weighted by Crippen LogP contribution is -2.19. The number of benzene rings is 2. The minimum absolute atomic E-state index is 0.0715. The fraction of sp³-hybridized carbons (Fsp3) is 0.227. The Bertz CT molecular complexity index is 917. The molecule has 5 heteroatoms. The van der Waals surface area contributed by atoms with E-state index in [9.17, 15) is 4.79 Å². The van der Waals surface area contributed by atoms with Gasteiger partial charge in [0.1, 0.15) is 17.8 Å². The van der Waals surface area contributed by atoms with Gasteiger partial charge in [0, 0.05) is 18.3 Å². The summed E-state index contributed by atoms with van der Waals surface area (Å²) in [5.74, 6) is 0.361. The fourth-order valence-electron chi connectivity index (χ4n) is 2.80. The Balaban J connectivity index is 1.73. The van der Waals surface area contributed by atoms with E-state index in [0.29, 0.717) is 18.1 Å². The SMILES string of the molecule is CC(C)(C)c1ccccc1NC(=O)c1cc(NCc2ccccc2)ncn1. The van der Waals surface area contributed by atoms with Crippen LogP contribution in [0.2, 0.25) is 0 Å². The molecule has 27 heavy (non-hydrogen) atoms. The number of nitrogens with zero attached hydrogens (tertiary/aromatic N) is 2. The van der Waals surface area contributed by atoms with Crippen molar-refractivity contribution in [3.8, 4) is 0 Å². The van der Waals surface area contributed by atoms with Crippen molar-refractivity contribution in [2.75, 3.05) is 10.6 Å². The van der Waals surface area contributed by atoms with Crippen LogP contribution in [0, 0.1) is 0 Å². The number of carbonyl (C=O) groups excluding carboxylic acids is 1. The quantitative estimate of drug-likeness (QED) is 0.696. The number of aromatic nitrogens is 2. The fourth-order valence-corrected chi connectivity index (χ4v) is 2.80. The summed E-state index contributed by atoms with van der Waals surface area (Å²) in [4.78, 5) is 21.0.